The predicted octanol–water partition coefficient (Wildman–Crippen LogP) is 3.94. The molecule has 3 rings (SSSR count). The topological polar surface area (TPSA) is 47.0 Å². The van der Waals surface area contributed by atoms with Crippen molar-refractivity contribution in [1.29, 1.82) is 0 Å². The Morgan fingerprint density at radius 1 is 1.10 bits per heavy atom. The molecule has 0 saturated heterocycles. The van der Waals surface area contributed by atoms with Crippen LogP contribution in [-0.2, 0) is 6.42 Å². The van der Waals surface area contributed by atoms with Gasteiger partial charge in [-0.15, -0.1) is 0 Å². The Bertz CT molecular complexity index is 771. The van der Waals surface area contributed by atoms with Crippen LogP contribution in [0.25, 0.3) is 10.9 Å². The second-order valence-electron chi connectivity index (χ2n) is 4.78. The summed E-state index contributed by atoms with van der Waals surface area (Å²) in [5, 5.41) is 4.37. The average Bonchev–Trinajstić information content (AvgIpc) is 2.55. The van der Waals surface area contributed by atoms with Crippen molar-refractivity contribution in [3.63, 3.8) is 0 Å². The second-order valence-corrected chi connectivity index (χ2v) is 4.78. The number of hydrogen-bond acceptors (Lipinski definition) is 4. The zero-order valence-corrected chi connectivity index (χ0v) is 12.1. The highest BCUT2D eigenvalue weighted by Gasteiger charge is 2.05. The van der Waals surface area contributed by atoms with E-state index < -0.39 is 0 Å². The number of nitrogens with zero attached hydrogens (tertiary/aromatic N) is 2. The Hall–Kier alpha value is -2.62. The van der Waals surface area contributed by atoms with Crippen LogP contribution in [0.5, 0.6) is 5.75 Å². The molecule has 0 bridgehead atoms. The summed E-state index contributed by atoms with van der Waals surface area (Å²) in [6, 6.07) is 14.1. The number of fused-ring (bicyclic) bond motifs is 1. The van der Waals surface area contributed by atoms with Gasteiger partial charge in [0.15, 0.2) is 0 Å². The summed E-state index contributed by atoms with van der Waals surface area (Å²) < 4.78 is 5.24. The first-order valence-corrected chi connectivity index (χ1v) is 6.95. The number of ether oxygens (including phenoxy) is 1. The molecule has 0 spiro atoms. The summed E-state index contributed by atoms with van der Waals surface area (Å²) in [4.78, 5) is 8.69. The van der Waals surface area contributed by atoms with Gasteiger partial charge >= 0.3 is 0 Å². The van der Waals surface area contributed by atoms with Crippen LogP contribution in [0.15, 0.2) is 48.8 Å². The lowest BCUT2D eigenvalue weighted by Crippen LogP contribution is -1.97. The van der Waals surface area contributed by atoms with Crippen LogP contribution in [0.4, 0.5) is 11.5 Å². The monoisotopic (exact) mass is 279 g/mol. The molecule has 4 nitrogen and oxygen atoms in total. The third-order valence-corrected chi connectivity index (χ3v) is 3.44. The van der Waals surface area contributed by atoms with Gasteiger partial charge in [-0.1, -0.05) is 19.1 Å². The average molecular weight is 279 g/mol. The van der Waals surface area contributed by atoms with Gasteiger partial charge in [0.05, 0.1) is 12.6 Å². The SMILES string of the molecule is CCc1ccc2ncnc(Nc3cccc(OC)c3)c2c1. The minimum atomic E-state index is 0.809. The first kappa shape index (κ1) is 13.4. The van der Waals surface area contributed by atoms with Crippen LogP contribution < -0.4 is 10.1 Å². The Morgan fingerprint density at radius 2 is 2.00 bits per heavy atom. The van der Waals surface area contributed by atoms with E-state index in [1.54, 1.807) is 13.4 Å². The van der Waals surface area contributed by atoms with Crippen molar-refractivity contribution in [2.75, 3.05) is 12.4 Å². The summed E-state index contributed by atoms with van der Waals surface area (Å²) in [6.45, 7) is 2.14. The zero-order valence-electron chi connectivity index (χ0n) is 12.1. The van der Waals surface area contributed by atoms with Gasteiger partial charge in [0.1, 0.15) is 17.9 Å². The van der Waals surface area contributed by atoms with E-state index in [4.69, 9.17) is 4.74 Å². The van der Waals surface area contributed by atoms with Crippen LogP contribution in [0.1, 0.15) is 12.5 Å². The molecule has 0 amide bonds. The molecule has 4 heteroatoms. The van der Waals surface area contributed by atoms with Crippen molar-refractivity contribution in [3.05, 3.63) is 54.4 Å². The summed E-state index contributed by atoms with van der Waals surface area (Å²) >= 11 is 0. The summed E-state index contributed by atoms with van der Waals surface area (Å²) in [6.07, 6.45) is 2.57. The fraction of sp³-hybridized carbons (Fsp3) is 0.176. The molecule has 106 valence electrons. The number of benzene rings is 2. The van der Waals surface area contributed by atoms with Gasteiger partial charge in [0.2, 0.25) is 0 Å². The van der Waals surface area contributed by atoms with Gasteiger partial charge in [0.25, 0.3) is 0 Å². The number of aryl methyl sites for hydroxylation is 1. The van der Waals surface area contributed by atoms with Gasteiger partial charge < -0.3 is 10.1 Å². The maximum absolute atomic E-state index is 5.24. The first-order chi connectivity index (χ1) is 10.3. The lowest BCUT2D eigenvalue weighted by atomic mass is 10.1. The molecular weight excluding hydrogens is 262 g/mol. The van der Waals surface area contributed by atoms with Gasteiger partial charge in [-0.3, -0.25) is 0 Å². The molecule has 21 heavy (non-hydrogen) atoms. The molecule has 0 fully saturated rings. The minimum Gasteiger partial charge on any atom is -0.497 e. The maximum Gasteiger partial charge on any atom is 0.141 e. The molecule has 2 aromatic carbocycles. The van der Waals surface area contributed by atoms with Gasteiger partial charge in [0, 0.05) is 17.1 Å². The lowest BCUT2D eigenvalue weighted by molar-refractivity contribution is 0.415. The van der Waals surface area contributed by atoms with E-state index in [1.165, 1.54) is 5.56 Å². The number of anilines is 2. The molecular formula is C17H17N3O. The van der Waals surface area contributed by atoms with E-state index in [0.29, 0.717) is 0 Å². The molecule has 0 aliphatic carbocycles. The first-order valence-electron chi connectivity index (χ1n) is 6.95. The molecule has 1 aromatic heterocycles. The second kappa shape index (κ2) is 5.79. The number of nitrogens with one attached hydrogen (secondary N) is 1. The maximum atomic E-state index is 5.24. The number of methoxy groups -OCH3 is 1. The van der Waals surface area contributed by atoms with Crippen LogP contribution in [-0.4, -0.2) is 17.1 Å². The van der Waals surface area contributed by atoms with Gasteiger partial charge in [-0.25, -0.2) is 9.97 Å². The predicted molar refractivity (Wildman–Crippen MR) is 85.2 cm³/mol. The van der Waals surface area contributed by atoms with E-state index in [-0.39, 0.29) is 0 Å². The Morgan fingerprint density at radius 3 is 2.81 bits per heavy atom. The lowest BCUT2D eigenvalue weighted by Gasteiger charge is -2.10. The van der Waals surface area contributed by atoms with Crippen LogP contribution >= 0.6 is 0 Å². The van der Waals surface area contributed by atoms with E-state index >= 15 is 0 Å². The quantitative estimate of drug-likeness (QED) is 0.785. The molecule has 0 aliphatic rings. The van der Waals surface area contributed by atoms with Crippen molar-refractivity contribution < 1.29 is 4.74 Å². The molecule has 1 heterocycles. The Kier molecular flexibility index (Phi) is 3.69. The minimum absolute atomic E-state index is 0.809. The van der Waals surface area contributed by atoms with E-state index in [9.17, 15) is 0 Å². The summed E-state index contributed by atoms with van der Waals surface area (Å²) in [7, 11) is 1.66. The zero-order chi connectivity index (χ0) is 14.7. The van der Waals surface area contributed by atoms with Gasteiger partial charge in [-0.2, -0.15) is 0 Å². The fourth-order valence-corrected chi connectivity index (χ4v) is 2.26. The summed E-state index contributed by atoms with van der Waals surface area (Å²) in [5.41, 5.74) is 3.15. The largest absolute Gasteiger partial charge is 0.497 e. The molecule has 0 unspecified atom stereocenters. The standard InChI is InChI=1S/C17H17N3O/c1-3-12-7-8-16-15(9-12)17(19-11-18-16)20-13-5-4-6-14(10-13)21-2/h4-11H,3H2,1-2H3,(H,18,19,20). The van der Waals surface area contributed by atoms with E-state index in [0.717, 1.165) is 34.6 Å². The van der Waals surface area contributed by atoms with Crippen molar-refractivity contribution in [2.24, 2.45) is 0 Å². The van der Waals surface area contributed by atoms with E-state index in [1.807, 2.05) is 30.3 Å². The molecule has 0 atom stereocenters. The van der Waals surface area contributed by atoms with Crippen molar-refractivity contribution in [2.45, 2.75) is 13.3 Å². The number of hydrogen-bond donors (Lipinski definition) is 1. The highest BCUT2D eigenvalue weighted by molar-refractivity contribution is 5.91. The Labute approximate surface area is 123 Å². The smallest absolute Gasteiger partial charge is 0.141 e. The van der Waals surface area contributed by atoms with Crippen LogP contribution in [0.2, 0.25) is 0 Å². The normalized spacial score (nSPS) is 10.6. The molecule has 3 aromatic rings. The number of rotatable bonds is 4. The highest BCUT2D eigenvalue weighted by atomic mass is 16.5. The highest BCUT2D eigenvalue weighted by Crippen LogP contribution is 2.25. The van der Waals surface area contributed by atoms with Gasteiger partial charge in [-0.05, 0) is 36.2 Å². The van der Waals surface area contributed by atoms with Crippen LogP contribution in [0, 0.1) is 0 Å². The third kappa shape index (κ3) is 2.79. The van der Waals surface area contributed by atoms with Crippen molar-refractivity contribution in [3.8, 4) is 5.75 Å². The summed E-state index contributed by atoms with van der Waals surface area (Å²) in [5.74, 6) is 1.62. The van der Waals surface area contributed by atoms with Crippen LogP contribution in [0.3, 0.4) is 0 Å². The third-order valence-electron chi connectivity index (χ3n) is 3.44. The van der Waals surface area contributed by atoms with Crippen molar-refractivity contribution in [1.82, 2.24) is 9.97 Å². The Balaban J connectivity index is 2.03. The molecule has 0 radical (unpaired) electrons. The molecule has 0 aliphatic heterocycles. The number of aromatic nitrogens is 2. The van der Waals surface area contributed by atoms with E-state index in [2.05, 4.69) is 34.3 Å². The molecule has 0 saturated carbocycles. The molecule has 1 N–H and O–H groups in total. The van der Waals surface area contributed by atoms with Crippen molar-refractivity contribution >= 4 is 22.4 Å². The fourth-order valence-electron chi connectivity index (χ4n) is 2.26.